The predicted octanol–water partition coefficient (Wildman–Crippen LogP) is 4.40. The molecular formula is C10H12BrI. The summed E-state index contributed by atoms with van der Waals surface area (Å²) in [4.78, 5) is 0. The summed E-state index contributed by atoms with van der Waals surface area (Å²) in [6.07, 6.45) is 3.75. The third kappa shape index (κ3) is 3.05. The van der Waals surface area contributed by atoms with E-state index in [0.29, 0.717) is 0 Å². The summed E-state index contributed by atoms with van der Waals surface area (Å²) in [5.41, 5.74) is 1.43. The lowest BCUT2D eigenvalue weighted by atomic mass is 10.1. The molecule has 0 nitrogen and oxygen atoms in total. The second-order valence-electron chi connectivity index (χ2n) is 2.85. The zero-order valence-electron chi connectivity index (χ0n) is 7.11. The first kappa shape index (κ1) is 10.5. The van der Waals surface area contributed by atoms with Crippen LogP contribution in [0.2, 0.25) is 0 Å². The molecule has 0 aliphatic carbocycles. The van der Waals surface area contributed by atoms with Crippen molar-refractivity contribution >= 4 is 38.5 Å². The molecule has 2 heteroatoms. The maximum absolute atomic E-state index is 3.53. The van der Waals surface area contributed by atoms with Crippen LogP contribution in [0.4, 0.5) is 0 Å². The largest absolute Gasteiger partial charge is 0.0654 e. The lowest BCUT2D eigenvalue weighted by Gasteiger charge is -2.01. The highest BCUT2D eigenvalue weighted by Gasteiger charge is 1.97. The van der Waals surface area contributed by atoms with Gasteiger partial charge in [-0.1, -0.05) is 19.4 Å². The topological polar surface area (TPSA) is 0 Å². The maximum Gasteiger partial charge on any atom is 0.0311 e. The van der Waals surface area contributed by atoms with Gasteiger partial charge < -0.3 is 0 Å². The molecule has 0 unspecified atom stereocenters. The average Bonchev–Trinajstić information content (AvgIpc) is 2.07. The van der Waals surface area contributed by atoms with E-state index in [9.17, 15) is 0 Å². The molecule has 0 heterocycles. The van der Waals surface area contributed by atoms with E-state index in [0.717, 1.165) is 0 Å². The van der Waals surface area contributed by atoms with Gasteiger partial charge in [-0.15, -0.1) is 0 Å². The Morgan fingerprint density at radius 1 is 1.42 bits per heavy atom. The number of hydrogen-bond donors (Lipinski definition) is 0. The van der Waals surface area contributed by atoms with Crippen LogP contribution in [0.5, 0.6) is 0 Å². The van der Waals surface area contributed by atoms with Crippen molar-refractivity contribution in [1.29, 1.82) is 0 Å². The van der Waals surface area contributed by atoms with E-state index < -0.39 is 0 Å². The van der Waals surface area contributed by atoms with E-state index in [1.807, 2.05) is 0 Å². The van der Waals surface area contributed by atoms with E-state index in [2.05, 4.69) is 63.6 Å². The molecule has 1 aromatic carbocycles. The van der Waals surface area contributed by atoms with Crippen molar-refractivity contribution in [2.45, 2.75) is 26.2 Å². The van der Waals surface area contributed by atoms with Crippen LogP contribution in [0.15, 0.2) is 22.7 Å². The minimum Gasteiger partial charge on any atom is -0.0654 e. The van der Waals surface area contributed by atoms with Crippen molar-refractivity contribution in [1.82, 2.24) is 0 Å². The second kappa shape index (κ2) is 5.22. The molecule has 1 aromatic rings. The van der Waals surface area contributed by atoms with Crippen LogP contribution in [-0.2, 0) is 6.42 Å². The van der Waals surface area contributed by atoms with Crippen LogP contribution >= 0.6 is 38.5 Å². The Morgan fingerprint density at radius 3 is 2.75 bits per heavy atom. The fourth-order valence-electron chi connectivity index (χ4n) is 1.08. The number of hydrogen-bond acceptors (Lipinski definition) is 0. The molecule has 0 aliphatic rings. The molecule has 0 saturated heterocycles. The van der Waals surface area contributed by atoms with Gasteiger partial charge in [-0.2, -0.15) is 0 Å². The third-order valence-corrected chi connectivity index (χ3v) is 4.14. The van der Waals surface area contributed by atoms with E-state index >= 15 is 0 Å². The summed E-state index contributed by atoms with van der Waals surface area (Å²) < 4.78 is 2.50. The molecule has 0 fully saturated rings. The first-order chi connectivity index (χ1) is 5.74. The summed E-state index contributed by atoms with van der Waals surface area (Å²) in [5.74, 6) is 0. The van der Waals surface area contributed by atoms with Gasteiger partial charge in [0.25, 0.3) is 0 Å². The summed E-state index contributed by atoms with van der Waals surface area (Å²) in [6, 6.07) is 6.59. The van der Waals surface area contributed by atoms with E-state index in [1.165, 1.54) is 32.9 Å². The number of halogens is 2. The van der Waals surface area contributed by atoms with Crippen LogP contribution in [0.3, 0.4) is 0 Å². The Labute approximate surface area is 96.0 Å². The van der Waals surface area contributed by atoms with Crippen LogP contribution in [0, 0.1) is 3.57 Å². The third-order valence-electron chi connectivity index (χ3n) is 1.80. The molecule has 0 aliphatic heterocycles. The van der Waals surface area contributed by atoms with Crippen LogP contribution in [0.25, 0.3) is 0 Å². The molecule has 0 saturated carbocycles. The maximum atomic E-state index is 3.53. The quantitative estimate of drug-likeness (QED) is 0.717. The van der Waals surface area contributed by atoms with Gasteiger partial charge in [0.15, 0.2) is 0 Å². The van der Waals surface area contributed by atoms with Gasteiger partial charge in [-0.05, 0) is 69.1 Å². The Balaban J connectivity index is 2.69. The summed E-state index contributed by atoms with van der Waals surface area (Å²) in [6.45, 7) is 2.22. The van der Waals surface area contributed by atoms with Crippen molar-refractivity contribution in [3.63, 3.8) is 0 Å². The molecule has 0 bridgehead atoms. The van der Waals surface area contributed by atoms with E-state index in [1.54, 1.807) is 0 Å². The molecule has 0 spiro atoms. The number of rotatable bonds is 3. The molecule has 66 valence electrons. The second-order valence-corrected chi connectivity index (χ2v) is 4.87. The minimum absolute atomic E-state index is 1.20. The van der Waals surface area contributed by atoms with Gasteiger partial charge in [0.1, 0.15) is 0 Å². The van der Waals surface area contributed by atoms with Crippen LogP contribution < -0.4 is 0 Å². The normalized spacial score (nSPS) is 10.2. The lowest BCUT2D eigenvalue weighted by molar-refractivity contribution is 0.794. The Hall–Kier alpha value is 0.430. The monoisotopic (exact) mass is 338 g/mol. The molecule has 0 N–H and O–H groups in total. The molecule has 0 atom stereocenters. The van der Waals surface area contributed by atoms with Crippen molar-refractivity contribution in [3.05, 3.63) is 31.8 Å². The Bertz CT molecular complexity index is 258. The van der Waals surface area contributed by atoms with Gasteiger partial charge in [0.2, 0.25) is 0 Å². The molecule has 1 rings (SSSR count). The lowest BCUT2D eigenvalue weighted by Crippen LogP contribution is -1.85. The van der Waals surface area contributed by atoms with Gasteiger partial charge in [-0.3, -0.25) is 0 Å². The van der Waals surface area contributed by atoms with Gasteiger partial charge in [-0.25, -0.2) is 0 Å². The van der Waals surface area contributed by atoms with Crippen molar-refractivity contribution in [2.24, 2.45) is 0 Å². The number of benzene rings is 1. The Morgan fingerprint density at radius 2 is 2.17 bits per heavy atom. The zero-order chi connectivity index (χ0) is 8.97. The SMILES string of the molecule is CCCCc1ccc(I)c(Br)c1. The fraction of sp³-hybridized carbons (Fsp3) is 0.400. The van der Waals surface area contributed by atoms with Gasteiger partial charge >= 0.3 is 0 Å². The van der Waals surface area contributed by atoms with Gasteiger partial charge in [0, 0.05) is 8.04 Å². The van der Waals surface area contributed by atoms with Crippen molar-refractivity contribution < 1.29 is 0 Å². The highest BCUT2D eigenvalue weighted by Crippen LogP contribution is 2.20. The highest BCUT2D eigenvalue weighted by molar-refractivity contribution is 14.1. The smallest absolute Gasteiger partial charge is 0.0311 e. The number of unbranched alkanes of at least 4 members (excludes halogenated alkanes) is 1. The Kier molecular flexibility index (Phi) is 4.57. The predicted molar refractivity (Wildman–Crippen MR) is 65.5 cm³/mol. The molecule has 12 heavy (non-hydrogen) atoms. The molecule has 0 radical (unpaired) electrons. The highest BCUT2D eigenvalue weighted by atomic mass is 127. The van der Waals surface area contributed by atoms with E-state index in [-0.39, 0.29) is 0 Å². The first-order valence-corrected chi connectivity index (χ1v) is 6.05. The zero-order valence-corrected chi connectivity index (χ0v) is 10.9. The minimum atomic E-state index is 1.20. The average molecular weight is 339 g/mol. The summed E-state index contributed by atoms with van der Waals surface area (Å²) in [5, 5.41) is 0. The summed E-state index contributed by atoms with van der Waals surface area (Å²) >= 11 is 5.86. The molecule has 0 amide bonds. The van der Waals surface area contributed by atoms with Crippen LogP contribution in [-0.4, -0.2) is 0 Å². The molecule has 0 aromatic heterocycles. The van der Waals surface area contributed by atoms with Crippen LogP contribution in [0.1, 0.15) is 25.3 Å². The number of aryl methyl sites for hydroxylation is 1. The van der Waals surface area contributed by atoms with E-state index in [4.69, 9.17) is 0 Å². The van der Waals surface area contributed by atoms with Crippen molar-refractivity contribution in [3.8, 4) is 0 Å². The fourth-order valence-corrected chi connectivity index (χ4v) is 1.84. The molecular weight excluding hydrogens is 327 g/mol. The first-order valence-electron chi connectivity index (χ1n) is 4.18. The van der Waals surface area contributed by atoms with Gasteiger partial charge in [0.05, 0.1) is 0 Å². The van der Waals surface area contributed by atoms with Crippen molar-refractivity contribution in [2.75, 3.05) is 0 Å². The summed E-state index contributed by atoms with van der Waals surface area (Å²) in [7, 11) is 0. The standard InChI is InChI=1S/C10H12BrI/c1-2-3-4-8-5-6-10(12)9(11)7-8/h5-7H,2-4H2,1H3.